The highest BCUT2D eigenvalue weighted by atomic mass is 16.2. The predicted molar refractivity (Wildman–Crippen MR) is 95.0 cm³/mol. The van der Waals surface area contributed by atoms with E-state index in [1.807, 2.05) is 24.3 Å². The van der Waals surface area contributed by atoms with Crippen molar-refractivity contribution < 1.29 is 14.4 Å². The first-order valence-corrected chi connectivity index (χ1v) is 9.03. The van der Waals surface area contributed by atoms with Gasteiger partial charge in [-0.2, -0.15) is 0 Å². The fourth-order valence-corrected chi connectivity index (χ4v) is 3.08. The second-order valence-electron chi connectivity index (χ2n) is 6.79. The van der Waals surface area contributed by atoms with Crippen LogP contribution in [-0.2, 0) is 20.8 Å². The van der Waals surface area contributed by atoms with Gasteiger partial charge in [0.1, 0.15) is 0 Å². The summed E-state index contributed by atoms with van der Waals surface area (Å²) in [4.78, 5) is 37.8. The Hall–Kier alpha value is -2.37. The smallest absolute Gasteiger partial charge is 0.227 e. The zero-order valence-corrected chi connectivity index (χ0v) is 14.6. The largest absolute Gasteiger partial charge is 0.354 e. The predicted octanol–water partition coefficient (Wildman–Crippen LogP) is 1.24. The molecule has 1 aromatic carbocycles. The van der Waals surface area contributed by atoms with Crippen molar-refractivity contribution in [2.24, 2.45) is 11.8 Å². The molecule has 2 fully saturated rings. The number of hydrogen-bond acceptors (Lipinski definition) is 3. The molecule has 3 rings (SSSR count). The molecule has 0 bridgehead atoms. The van der Waals surface area contributed by atoms with Gasteiger partial charge in [-0.25, -0.2) is 0 Å². The highest BCUT2D eigenvalue weighted by Gasteiger charge is 2.35. The van der Waals surface area contributed by atoms with Crippen LogP contribution >= 0.6 is 0 Å². The summed E-state index contributed by atoms with van der Waals surface area (Å²) in [6.07, 6.45) is 3.08. The molecule has 0 radical (unpaired) electrons. The van der Waals surface area contributed by atoms with Crippen molar-refractivity contribution in [1.82, 2.24) is 10.6 Å². The molecule has 0 aromatic heterocycles. The van der Waals surface area contributed by atoms with Crippen molar-refractivity contribution in [2.45, 2.75) is 32.6 Å². The van der Waals surface area contributed by atoms with E-state index >= 15 is 0 Å². The molecular weight excluding hydrogens is 318 g/mol. The van der Waals surface area contributed by atoms with Crippen molar-refractivity contribution in [3.05, 3.63) is 29.8 Å². The Labute approximate surface area is 148 Å². The molecular formula is C19H25N3O3. The summed E-state index contributed by atoms with van der Waals surface area (Å²) in [5, 5.41) is 5.64. The number of aryl methyl sites for hydroxylation is 1. The maximum atomic E-state index is 12.3. The minimum absolute atomic E-state index is 0.0181. The number of hydrogen-bond donors (Lipinski definition) is 2. The van der Waals surface area contributed by atoms with Crippen LogP contribution in [0.25, 0.3) is 0 Å². The molecule has 1 heterocycles. The van der Waals surface area contributed by atoms with Gasteiger partial charge in [0, 0.05) is 37.7 Å². The first kappa shape index (κ1) is 17.5. The Bertz CT molecular complexity index is 670. The molecule has 1 saturated carbocycles. The second kappa shape index (κ2) is 7.68. The van der Waals surface area contributed by atoms with E-state index in [1.54, 1.807) is 4.90 Å². The van der Waals surface area contributed by atoms with Crippen LogP contribution in [0.4, 0.5) is 5.69 Å². The number of carbonyl (C=O) groups is 3. The lowest BCUT2D eigenvalue weighted by molar-refractivity contribution is -0.126. The lowest BCUT2D eigenvalue weighted by atomic mass is 10.1. The number of rotatable bonds is 7. The second-order valence-corrected chi connectivity index (χ2v) is 6.79. The minimum Gasteiger partial charge on any atom is -0.354 e. The summed E-state index contributed by atoms with van der Waals surface area (Å²) >= 11 is 0. The van der Waals surface area contributed by atoms with Gasteiger partial charge < -0.3 is 15.5 Å². The molecule has 0 spiro atoms. The Kier molecular flexibility index (Phi) is 5.36. The maximum Gasteiger partial charge on any atom is 0.227 e. The Balaban J connectivity index is 1.47. The summed E-state index contributed by atoms with van der Waals surface area (Å²) < 4.78 is 0. The molecule has 1 atom stereocenters. The van der Waals surface area contributed by atoms with E-state index in [2.05, 4.69) is 17.6 Å². The van der Waals surface area contributed by atoms with Crippen LogP contribution in [0.3, 0.4) is 0 Å². The summed E-state index contributed by atoms with van der Waals surface area (Å²) in [6, 6.07) is 7.89. The number of nitrogens with zero attached hydrogens (tertiary/aromatic N) is 1. The molecule has 2 aliphatic rings. The number of benzene rings is 1. The average Bonchev–Trinajstić information content (AvgIpc) is 3.40. The van der Waals surface area contributed by atoms with Gasteiger partial charge in [0.25, 0.3) is 0 Å². The summed E-state index contributed by atoms with van der Waals surface area (Å²) in [5.74, 6) is -0.224. The van der Waals surface area contributed by atoms with Crippen LogP contribution in [0, 0.1) is 11.8 Å². The van der Waals surface area contributed by atoms with Crippen LogP contribution in [0.2, 0.25) is 0 Å². The Morgan fingerprint density at radius 3 is 2.44 bits per heavy atom. The van der Waals surface area contributed by atoms with Crippen LogP contribution in [0.15, 0.2) is 24.3 Å². The van der Waals surface area contributed by atoms with Crippen LogP contribution in [0.5, 0.6) is 0 Å². The third-order valence-electron chi connectivity index (χ3n) is 4.80. The van der Waals surface area contributed by atoms with E-state index in [1.165, 1.54) is 5.56 Å². The van der Waals surface area contributed by atoms with Gasteiger partial charge in [-0.3, -0.25) is 14.4 Å². The van der Waals surface area contributed by atoms with Gasteiger partial charge in [-0.1, -0.05) is 19.1 Å². The monoisotopic (exact) mass is 343 g/mol. The van der Waals surface area contributed by atoms with Crippen molar-refractivity contribution >= 4 is 23.4 Å². The maximum absolute atomic E-state index is 12.3. The standard InChI is InChI=1S/C19H25N3O3/c1-2-13-4-3-5-16(10-13)22-12-15(11-17(22)23)19(25)21-9-8-20-18(24)14-6-7-14/h3-5,10,14-15H,2,6-9,11-12H2,1H3,(H,20,24)(H,21,25)/t15-/m0/s1. The van der Waals surface area contributed by atoms with Crippen molar-refractivity contribution in [1.29, 1.82) is 0 Å². The molecule has 1 aromatic rings. The quantitative estimate of drug-likeness (QED) is 0.731. The first-order chi connectivity index (χ1) is 12.1. The van der Waals surface area contributed by atoms with Gasteiger partial charge in [0.15, 0.2) is 0 Å². The van der Waals surface area contributed by atoms with Gasteiger partial charge in [0.2, 0.25) is 17.7 Å². The van der Waals surface area contributed by atoms with Crippen molar-refractivity contribution in [3.63, 3.8) is 0 Å². The molecule has 25 heavy (non-hydrogen) atoms. The van der Waals surface area contributed by atoms with Crippen LogP contribution < -0.4 is 15.5 Å². The topological polar surface area (TPSA) is 78.5 Å². The lowest BCUT2D eigenvalue weighted by Crippen LogP contribution is -2.38. The molecule has 134 valence electrons. The zero-order chi connectivity index (χ0) is 17.8. The third kappa shape index (κ3) is 4.38. The molecule has 6 heteroatoms. The first-order valence-electron chi connectivity index (χ1n) is 9.03. The number of amides is 3. The normalized spacial score (nSPS) is 19.8. The number of carbonyl (C=O) groups excluding carboxylic acids is 3. The highest BCUT2D eigenvalue weighted by molar-refractivity contribution is 6.00. The molecule has 0 unspecified atom stereocenters. The van der Waals surface area contributed by atoms with E-state index in [0.29, 0.717) is 19.6 Å². The number of nitrogens with one attached hydrogen (secondary N) is 2. The van der Waals surface area contributed by atoms with E-state index in [9.17, 15) is 14.4 Å². The lowest BCUT2D eigenvalue weighted by Gasteiger charge is -2.17. The van der Waals surface area contributed by atoms with E-state index in [-0.39, 0.29) is 36.0 Å². The van der Waals surface area contributed by atoms with Gasteiger partial charge >= 0.3 is 0 Å². The van der Waals surface area contributed by atoms with Gasteiger partial charge in [0.05, 0.1) is 5.92 Å². The van der Waals surface area contributed by atoms with Gasteiger partial charge in [-0.05, 0) is 37.0 Å². The average molecular weight is 343 g/mol. The van der Waals surface area contributed by atoms with Crippen LogP contribution in [-0.4, -0.2) is 37.4 Å². The Morgan fingerprint density at radius 1 is 1.12 bits per heavy atom. The van der Waals surface area contributed by atoms with Crippen LogP contribution in [0.1, 0.15) is 31.7 Å². The van der Waals surface area contributed by atoms with E-state index in [0.717, 1.165) is 24.9 Å². The van der Waals surface area contributed by atoms with Gasteiger partial charge in [-0.15, -0.1) is 0 Å². The van der Waals surface area contributed by atoms with E-state index < -0.39 is 0 Å². The molecule has 1 aliphatic carbocycles. The summed E-state index contributed by atoms with van der Waals surface area (Å²) in [5.41, 5.74) is 2.03. The molecule has 1 aliphatic heterocycles. The zero-order valence-electron chi connectivity index (χ0n) is 14.6. The SMILES string of the molecule is CCc1cccc(N2C[C@@H](C(=O)NCCNC(=O)C3CC3)CC2=O)c1. The summed E-state index contributed by atoms with van der Waals surface area (Å²) in [7, 11) is 0. The third-order valence-corrected chi connectivity index (χ3v) is 4.80. The molecule has 3 amide bonds. The highest BCUT2D eigenvalue weighted by Crippen LogP contribution is 2.28. The fourth-order valence-electron chi connectivity index (χ4n) is 3.08. The minimum atomic E-state index is -0.336. The molecule has 6 nitrogen and oxygen atoms in total. The van der Waals surface area contributed by atoms with E-state index in [4.69, 9.17) is 0 Å². The van der Waals surface area contributed by atoms with Crippen molar-refractivity contribution in [2.75, 3.05) is 24.5 Å². The molecule has 2 N–H and O–H groups in total. The fraction of sp³-hybridized carbons (Fsp3) is 0.526. The molecule has 1 saturated heterocycles. The number of anilines is 1. The van der Waals surface area contributed by atoms with Crippen molar-refractivity contribution in [3.8, 4) is 0 Å². The Morgan fingerprint density at radius 2 is 1.80 bits per heavy atom. The summed E-state index contributed by atoms with van der Waals surface area (Å²) in [6.45, 7) is 3.31.